The van der Waals surface area contributed by atoms with Crippen LogP contribution in [0.25, 0.3) is 10.9 Å². The smallest absolute Gasteiger partial charge is 0.364 e. The molecular formula is C28H30N4O4S2. The van der Waals surface area contributed by atoms with Crippen LogP contribution < -0.4 is 5.32 Å². The lowest BCUT2D eigenvalue weighted by atomic mass is 10.1. The second-order valence-corrected chi connectivity index (χ2v) is 10.9. The number of aryl methyl sites for hydroxylation is 2. The number of nitrogens with one attached hydrogen (secondary N) is 1. The molecule has 4 rings (SSSR count). The van der Waals surface area contributed by atoms with E-state index in [9.17, 15) is 14.7 Å². The van der Waals surface area contributed by atoms with Crippen LogP contribution in [-0.2, 0) is 13.0 Å². The van der Waals surface area contributed by atoms with E-state index in [2.05, 4.69) is 22.5 Å². The van der Waals surface area contributed by atoms with Crippen LogP contribution in [0, 0.1) is 0 Å². The fourth-order valence-electron chi connectivity index (χ4n) is 4.09. The number of carboxylic acid groups (broad SMARTS) is 1. The van der Waals surface area contributed by atoms with Crippen LogP contribution in [0.3, 0.4) is 0 Å². The predicted molar refractivity (Wildman–Crippen MR) is 153 cm³/mol. The van der Waals surface area contributed by atoms with Crippen LogP contribution in [0.2, 0.25) is 0 Å². The first-order valence-corrected chi connectivity index (χ1v) is 14.4. The summed E-state index contributed by atoms with van der Waals surface area (Å²) >= 11 is 3.09. The molecule has 0 fully saturated rings. The fraction of sp³-hybridized carbons (Fsp3) is 0.286. The standard InChI is InChI=1S/C28H30N4O4S2/c1-2-3-4-15-32-23-14-13-21(37-16-5-7-19-9-11-20(12-10-19)27(34)35)18-22(23)25(26(32)33)30-31-28(36)29-24-8-6-17-38-24/h6,8-14,17-18,33H,2-5,7,15-16H2,1H3,(H,29,36)(H,34,35). The van der Waals surface area contributed by atoms with E-state index >= 15 is 0 Å². The molecule has 0 radical (unpaired) electrons. The summed E-state index contributed by atoms with van der Waals surface area (Å²) in [6.45, 7) is 2.79. The Morgan fingerprint density at radius 1 is 1.08 bits per heavy atom. The van der Waals surface area contributed by atoms with Gasteiger partial charge in [0.1, 0.15) is 0 Å². The molecule has 0 aliphatic rings. The van der Waals surface area contributed by atoms with Gasteiger partial charge in [0.25, 0.3) is 0 Å². The maximum Gasteiger partial charge on any atom is 0.364 e. The van der Waals surface area contributed by atoms with Gasteiger partial charge in [0.05, 0.1) is 16.1 Å². The quantitative estimate of drug-likeness (QED) is 0.0931. The number of unbranched alkanes of at least 4 members (excludes halogenated alkanes) is 2. The van der Waals surface area contributed by atoms with Gasteiger partial charge < -0.3 is 14.8 Å². The number of amides is 2. The number of fused-ring (bicyclic) bond motifs is 1. The molecule has 8 nitrogen and oxygen atoms in total. The van der Waals surface area contributed by atoms with E-state index in [0.29, 0.717) is 22.8 Å². The van der Waals surface area contributed by atoms with E-state index in [4.69, 9.17) is 5.11 Å². The number of anilines is 1. The third kappa shape index (κ3) is 7.02. The zero-order valence-electron chi connectivity index (χ0n) is 21.1. The summed E-state index contributed by atoms with van der Waals surface area (Å²) in [5.41, 5.74) is 2.54. The number of urea groups is 1. The minimum atomic E-state index is -0.922. The number of aromatic hydroxyl groups is 1. The number of carbonyl (C=O) groups excluding carboxylic acids is 1. The lowest BCUT2D eigenvalue weighted by Crippen LogP contribution is -2.03. The summed E-state index contributed by atoms with van der Waals surface area (Å²) in [5, 5.41) is 34.0. The van der Waals surface area contributed by atoms with Crippen molar-refractivity contribution in [1.82, 2.24) is 4.57 Å². The van der Waals surface area contributed by atoms with Gasteiger partial charge in [-0.25, -0.2) is 9.59 Å². The van der Waals surface area contributed by atoms with Crippen molar-refractivity contribution in [2.45, 2.75) is 50.5 Å². The molecule has 2 aromatic carbocycles. The number of nitrogens with zero attached hydrogens (tertiary/aromatic N) is 3. The van der Waals surface area contributed by atoms with Gasteiger partial charge >= 0.3 is 12.0 Å². The third-order valence-corrected chi connectivity index (χ3v) is 7.90. The normalized spacial score (nSPS) is 11.4. The number of carbonyl (C=O) groups is 2. The molecule has 198 valence electrons. The Kier molecular flexibility index (Phi) is 9.56. The van der Waals surface area contributed by atoms with Gasteiger partial charge in [-0.1, -0.05) is 37.0 Å². The number of thioether (sulfide) groups is 1. The summed E-state index contributed by atoms with van der Waals surface area (Å²) in [4.78, 5) is 24.3. The minimum Gasteiger partial charge on any atom is -0.493 e. The number of rotatable bonds is 12. The van der Waals surface area contributed by atoms with E-state index < -0.39 is 12.0 Å². The molecule has 0 unspecified atom stereocenters. The summed E-state index contributed by atoms with van der Waals surface area (Å²) in [6.07, 6.45) is 4.82. The molecule has 2 aromatic heterocycles. The van der Waals surface area contributed by atoms with Crippen LogP contribution in [0.4, 0.5) is 15.5 Å². The Balaban J connectivity index is 1.48. The molecule has 4 aromatic rings. The van der Waals surface area contributed by atoms with Gasteiger partial charge in [-0.2, -0.15) is 0 Å². The van der Waals surface area contributed by atoms with Crippen LogP contribution in [0.15, 0.2) is 75.1 Å². The number of hydrogen-bond acceptors (Lipinski definition) is 6. The van der Waals surface area contributed by atoms with Crippen molar-refractivity contribution in [2.24, 2.45) is 10.2 Å². The van der Waals surface area contributed by atoms with Crippen molar-refractivity contribution in [3.05, 3.63) is 71.1 Å². The molecule has 2 amide bonds. The molecule has 0 aliphatic heterocycles. The molecule has 0 spiro atoms. The number of aromatic carboxylic acids is 1. The van der Waals surface area contributed by atoms with Crippen LogP contribution >= 0.6 is 23.1 Å². The Morgan fingerprint density at radius 2 is 1.89 bits per heavy atom. The SMILES string of the molecule is CCCCCn1c(O)c(N=NC(=O)Nc2cccs2)c2cc(SCCCc3ccc(C(=O)O)cc3)ccc21. The van der Waals surface area contributed by atoms with E-state index in [0.717, 1.165) is 59.2 Å². The van der Waals surface area contributed by atoms with Gasteiger partial charge in [0.15, 0.2) is 5.69 Å². The van der Waals surface area contributed by atoms with Crippen molar-refractivity contribution in [1.29, 1.82) is 0 Å². The lowest BCUT2D eigenvalue weighted by Gasteiger charge is -2.07. The summed E-state index contributed by atoms with van der Waals surface area (Å²) in [7, 11) is 0. The molecule has 0 saturated carbocycles. The molecule has 2 heterocycles. The number of hydrogen-bond donors (Lipinski definition) is 3. The second-order valence-electron chi connectivity index (χ2n) is 8.77. The lowest BCUT2D eigenvalue weighted by molar-refractivity contribution is 0.0697. The van der Waals surface area contributed by atoms with Crippen LogP contribution in [-0.4, -0.2) is 32.5 Å². The first kappa shape index (κ1) is 27.4. The van der Waals surface area contributed by atoms with Crippen LogP contribution in [0.5, 0.6) is 5.88 Å². The van der Waals surface area contributed by atoms with E-state index in [-0.39, 0.29) is 5.88 Å². The van der Waals surface area contributed by atoms with Crippen LogP contribution in [0.1, 0.15) is 48.5 Å². The molecule has 0 atom stereocenters. The highest BCUT2D eigenvalue weighted by molar-refractivity contribution is 7.99. The van der Waals surface area contributed by atoms with E-state index in [1.54, 1.807) is 30.0 Å². The fourth-order valence-corrected chi connectivity index (χ4v) is 5.59. The summed E-state index contributed by atoms with van der Waals surface area (Å²) < 4.78 is 1.84. The Labute approximate surface area is 229 Å². The highest BCUT2D eigenvalue weighted by Crippen LogP contribution is 2.41. The maximum absolute atomic E-state index is 12.3. The topological polar surface area (TPSA) is 116 Å². The largest absolute Gasteiger partial charge is 0.493 e. The summed E-state index contributed by atoms with van der Waals surface area (Å²) in [6, 6.07) is 16.0. The van der Waals surface area contributed by atoms with Crippen molar-refractivity contribution in [3.63, 3.8) is 0 Å². The molecule has 0 saturated heterocycles. The molecule has 0 aliphatic carbocycles. The van der Waals surface area contributed by atoms with Crippen molar-refractivity contribution in [2.75, 3.05) is 11.1 Å². The molecule has 38 heavy (non-hydrogen) atoms. The van der Waals surface area contributed by atoms with Crippen molar-refractivity contribution in [3.8, 4) is 5.88 Å². The number of aromatic nitrogens is 1. The highest BCUT2D eigenvalue weighted by atomic mass is 32.2. The predicted octanol–water partition coefficient (Wildman–Crippen LogP) is 8.34. The number of azo groups is 1. The number of benzene rings is 2. The molecule has 3 N–H and O–H groups in total. The van der Waals surface area contributed by atoms with E-state index in [1.807, 2.05) is 46.3 Å². The first-order chi connectivity index (χ1) is 18.5. The third-order valence-electron chi connectivity index (χ3n) is 6.04. The zero-order chi connectivity index (χ0) is 26.9. The van der Waals surface area contributed by atoms with Gasteiger partial charge in [0, 0.05) is 16.8 Å². The Morgan fingerprint density at radius 3 is 2.61 bits per heavy atom. The van der Waals surface area contributed by atoms with Gasteiger partial charge in [-0.3, -0.25) is 5.32 Å². The zero-order valence-corrected chi connectivity index (χ0v) is 22.7. The van der Waals surface area contributed by atoms with E-state index in [1.165, 1.54) is 11.3 Å². The molecule has 0 bridgehead atoms. The average Bonchev–Trinajstić information content (AvgIpc) is 3.51. The highest BCUT2D eigenvalue weighted by Gasteiger charge is 2.18. The van der Waals surface area contributed by atoms with Gasteiger partial charge in [-0.15, -0.1) is 28.2 Å². The molecule has 10 heteroatoms. The average molecular weight is 551 g/mol. The Hall–Kier alpha value is -3.63. The Bertz CT molecular complexity index is 1410. The minimum absolute atomic E-state index is 0.00994. The van der Waals surface area contributed by atoms with Crippen molar-refractivity contribution < 1.29 is 19.8 Å². The monoisotopic (exact) mass is 550 g/mol. The maximum atomic E-state index is 12.3. The second kappa shape index (κ2) is 13.3. The number of carboxylic acids is 1. The van der Waals surface area contributed by atoms with Gasteiger partial charge in [-0.05, 0) is 78.4 Å². The first-order valence-electron chi connectivity index (χ1n) is 12.5. The van der Waals surface area contributed by atoms with Crippen molar-refractivity contribution >= 4 is 56.7 Å². The molecular weight excluding hydrogens is 520 g/mol. The number of thiophene rings is 1. The summed E-state index contributed by atoms with van der Waals surface area (Å²) in [5.74, 6) is -0.0411. The van der Waals surface area contributed by atoms with Gasteiger partial charge in [0.2, 0.25) is 5.88 Å².